The van der Waals surface area contributed by atoms with E-state index in [4.69, 9.17) is 9.53 Å². The fraction of sp³-hybridized carbons (Fsp3) is 0.571. The van der Waals surface area contributed by atoms with Crippen LogP contribution in [-0.4, -0.2) is 52.9 Å². The average Bonchev–Trinajstić information content (AvgIpc) is 3.27. The molecule has 2 aliphatic rings. The molecular formula is C21H31F2N3O4S. The Morgan fingerprint density at radius 2 is 1.81 bits per heavy atom. The lowest BCUT2D eigenvalue weighted by atomic mass is 9.92. The van der Waals surface area contributed by atoms with Crippen LogP contribution in [-0.2, 0) is 34.0 Å². The van der Waals surface area contributed by atoms with E-state index in [9.17, 15) is 17.9 Å². The zero-order valence-corrected chi connectivity index (χ0v) is 19.0. The van der Waals surface area contributed by atoms with Gasteiger partial charge in [-0.3, -0.25) is 14.5 Å². The van der Waals surface area contributed by atoms with Gasteiger partial charge in [-0.2, -0.15) is 3.89 Å². The summed E-state index contributed by atoms with van der Waals surface area (Å²) in [5.74, 6) is -0.0198. The van der Waals surface area contributed by atoms with E-state index in [0.29, 0.717) is 12.0 Å². The highest BCUT2D eigenvalue weighted by atomic mass is 32.1. The monoisotopic (exact) mass is 459 g/mol. The number of amides is 3. The number of primary amides is 1. The maximum atomic E-state index is 13.0. The van der Waals surface area contributed by atoms with Crippen molar-refractivity contribution >= 4 is 31.4 Å². The lowest BCUT2D eigenvalue weighted by Crippen LogP contribution is -2.54. The van der Waals surface area contributed by atoms with Gasteiger partial charge in [-0.1, -0.05) is 18.2 Å². The van der Waals surface area contributed by atoms with Gasteiger partial charge in [-0.05, 0) is 50.3 Å². The lowest BCUT2D eigenvalue weighted by molar-refractivity contribution is -0.136. The van der Waals surface area contributed by atoms with Crippen LogP contribution >= 0.6 is 13.0 Å². The Kier molecular flexibility index (Phi) is 10.7. The quantitative estimate of drug-likeness (QED) is 0.524. The predicted octanol–water partition coefficient (Wildman–Crippen LogP) is 3.34. The third-order valence-corrected chi connectivity index (χ3v) is 4.89. The van der Waals surface area contributed by atoms with Crippen molar-refractivity contribution < 1.29 is 27.4 Å². The van der Waals surface area contributed by atoms with E-state index < -0.39 is 24.4 Å². The molecule has 0 aromatic heterocycles. The number of carbonyl (C=O) groups excluding carboxylic acids is 3. The van der Waals surface area contributed by atoms with E-state index in [0.717, 1.165) is 37.1 Å². The van der Waals surface area contributed by atoms with Crippen LogP contribution in [0.25, 0.3) is 0 Å². The summed E-state index contributed by atoms with van der Waals surface area (Å²) >= 11 is 2.03. The second kappa shape index (κ2) is 12.5. The number of rotatable bonds is 2. The summed E-state index contributed by atoms with van der Waals surface area (Å²) in [5.41, 5.74) is 5.99. The van der Waals surface area contributed by atoms with Gasteiger partial charge in [0.15, 0.2) is 0 Å². The number of likely N-dealkylation sites (tertiary alicyclic amines) is 1. The summed E-state index contributed by atoms with van der Waals surface area (Å²) in [7, 11) is 0. The number of benzene rings is 1. The van der Waals surface area contributed by atoms with Gasteiger partial charge in [0.2, 0.25) is 12.3 Å². The number of fused-ring (bicyclic) bond motifs is 1. The Bertz CT molecular complexity index is 753. The molecule has 0 saturated carbocycles. The molecule has 1 aromatic rings. The predicted molar refractivity (Wildman–Crippen MR) is 117 cm³/mol. The van der Waals surface area contributed by atoms with Crippen molar-refractivity contribution in [1.82, 2.24) is 9.80 Å². The fourth-order valence-electron chi connectivity index (χ4n) is 3.60. The van der Waals surface area contributed by atoms with Crippen LogP contribution in [0, 0.1) is 0 Å². The number of nitrogens with two attached hydrogens (primary N) is 1. The van der Waals surface area contributed by atoms with Crippen molar-refractivity contribution in [2.24, 2.45) is 5.73 Å². The molecule has 3 amide bonds. The lowest BCUT2D eigenvalue weighted by Gasteiger charge is -2.38. The van der Waals surface area contributed by atoms with E-state index in [1.807, 2.05) is 24.0 Å². The van der Waals surface area contributed by atoms with Gasteiger partial charge in [-0.25, -0.2) is 9.18 Å². The second-order valence-electron chi connectivity index (χ2n) is 8.23. The smallest absolute Gasteiger partial charge is 0.411 e. The van der Waals surface area contributed by atoms with Crippen LogP contribution in [0.2, 0.25) is 0 Å². The van der Waals surface area contributed by atoms with Crippen LogP contribution in [0.5, 0.6) is 0 Å². The molecule has 0 aliphatic carbocycles. The molecule has 10 heteroatoms. The highest BCUT2D eigenvalue weighted by Crippen LogP contribution is 2.28. The maximum Gasteiger partial charge on any atom is 0.411 e. The van der Waals surface area contributed by atoms with Crippen molar-refractivity contribution in [3.05, 3.63) is 34.9 Å². The number of ether oxygens (including phenoxy) is 1. The molecule has 2 aliphatic heterocycles. The molecule has 0 radical (unpaired) electrons. The van der Waals surface area contributed by atoms with Crippen molar-refractivity contribution in [2.45, 2.75) is 64.9 Å². The third-order valence-electron chi connectivity index (χ3n) is 4.89. The standard InChI is InChI=1S/C20H27FN2O3.CH3NO.FHS/c1-20(2,3)26-19(25)23-13-16-10-14(12-21)6-7-15(16)11-17(23)18(24)22-8-4-5-9-22;2-1-3;1-2/h6-7,10,17H,4-5,8-9,11-13H2,1-3H3;1H,(H2,2,3);2H. The second-order valence-corrected chi connectivity index (χ2v) is 8.23. The van der Waals surface area contributed by atoms with Crippen LogP contribution in [0.15, 0.2) is 18.2 Å². The number of carbonyl (C=O) groups is 3. The molecule has 31 heavy (non-hydrogen) atoms. The molecular weight excluding hydrogens is 428 g/mol. The van der Waals surface area contributed by atoms with E-state index in [1.54, 1.807) is 32.9 Å². The van der Waals surface area contributed by atoms with Crippen molar-refractivity contribution in [2.75, 3.05) is 13.1 Å². The van der Waals surface area contributed by atoms with Gasteiger partial charge < -0.3 is 15.4 Å². The van der Waals surface area contributed by atoms with Gasteiger partial charge in [0, 0.05) is 32.5 Å². The average molecular weight is 460 g/mol. The topological polar surface area (TPSA) is 92.9 Å². The number of hydrogen-bond donors (Lipinski definition) is 2. The summed E-state index contributed by atoms with van der Waals surface area (Å²) in [6.45, 7) is 6.62. The largest absolute Gasteiger partial charge is 0.444 e. The number of nitrogens with zero attached hydrogens (tertiary/aromatic N) is 2. The fourth-order valence-corrected chi connectivity index (χ4v) is 3.60. The van der Waals surface area contributed by atoms with Crippen molar-refractivity contribution in [1.29, 1.82) is 0 Å². The molecule has 174 valence electrons. The molecule has 2 N–H and O–H groups in total. The molecule has 1 atom stereocenters. The van der Waals surface area contributed by atoms with Gasteiger partial charge in [0.25, 0.3) is 0 Å². The summed E-state index contributed by atoms with van der Waals surface area (Å²) in [6.07, 6.45) is 2.20. The Morgan fingerprint density at radius 1 is 1.23 bits per heavy atom. The first-order valence-corrected chi connectivity index (χ1v) is 10.3. The highest BCUT2D eigenvalue weighted by Gasteiger charge is 2.39. The van der Waals surface area contributed by atoms with Gasteiger partial charge in [0.05, 0.1) is 6.54 Å². The number of halogens is 2. The van der Waals surface area contributed by atoms with Gasteiger partial charge in [-0.15, -0.1) is 0 Å². The Morgan fingerprint density at radius 3 is 2.32 bits per heavy atom. The molecule has 3 rings (SSSR count). The van der Waals surface area contributed by atoms with Gasteiger partial charge >= 0.3 is 6.09 Å². The number of hydrogen-bond acceptors (Lipinski definition) is 5. The summed E-state index contributed by atoms with van der Waals surface area (Å²) < 4.78 is 27.7. The first-order valence-electron chi connectivity index (χ1n) is 9.97. The number of thiol groups is 1. The zero-order valence-electron chi connectivity index (χ0n) is 18.1. The number of alkyl halides is 1. The normalized spacial score (nSPS) is 17.4. The van der Waals surface area contributed by atoms with Crippen molar-refractivity contribution in [3.63, 3.8) is 0 Å². The van der Waals surface area contributed by atoms with Crippen LogP contribution in [0.3, 0.4) is 0 Å². The highest BCUT2D eigenvalue weighted by molar-refractivity contribution is 7.74. The molecule has 1 aromatic carbocycles. The van der Waals surface area contributed by atoms with Crippen LogP contribution < -0.4 is 5.73 Å². The molecule has 1 unspecified atom stereocenters. The SMILES string of the molecule is CC(C)(C)OC(=O)N1Cc2cc(CF)ccc2CC1C(=O)N1CCCC1.FS.NC=O. The molecule has 1 saturated heterocycles. The zero-order chi connectivity index (χ0) is 23.6. The van der Waals surface area contributed by atoms with E-state index in [1.165, 1.54) is 4.90 Å². The minimum absolute atomic E-state index is 0.0198. The summed E-state index contributed by atoms with van der Waals surface area (Å²) in [6, 6.07) is 4.84. The first kappa shape index (κ1) is 26.7. The first-order chi connectivity index (χ1) is 14.7. The molecule has 2 heterocycles. The Hall–Kier alpha value is -2.36. The third kappa shape index (κ3) is 7.68. The summed E-state index contributed by atoms with van der Waals surface area (Å²) in [4.78, 5) is 37.7. The molecule has 1 fully saturated rings. The van der Waals surface area contributed by atoms with E-state index in [2.05, 4.69) is 5.73 Å². The van der Waals surface area contributed by atoms with Gasteiger partial charge in [0.1, 0.15) is 18.3 Å². The maximum absolute atomic E-state index is 13.0. The van der Waals surface area contributed by atoms with Crippen molar-refractivity contribution in [3.8, 4) is 0 Å². The minimum atomic E-state index is -0.639. The van der Waals surface area contributed by atoms with E-state index >= 15 is 0 Å². The minimum Gasteiger partial charge on any atom is -0.444 e. The van der Waals surface area contributed by atoms with Crippen LogP contribution in [0.1, 0.15) is 50.3 Å². The molecule has 0 spiro atoms. The Balaban J connectivity index is 0.000000884. The summed E-state index contributed by atoms with van der Waals surface area (Å²) in [5, 5.41) is 0. The molecule has 0 bridgehead atoms. The van der Waals surface area contributed by atoms with E-state index in [-0.39, 0.29) is 18.9 Å². The molecule has 7 nitrogen and oxygen atoms in total. The Labute approximate surface area is 187 Å². The van der Waals surface area contributed by atoms with Crippen LogP contribution in [0.4, 0.5) is 13.1 Å².